The average molecular weight is 383 g/mol. The van der Waals surface area contributed by atoms with Crippen LogP contribution >= 0.6 is 11.3 Å². The summed E-state index contributed by atoms with van der Waals surface area (Å²) in [6.45, 7) is 5.20. The number of hydrogen-bond donors (Lipinski definition) is 2. The fourth-order valence-electron chi connectivity index (χ4n) is 3.43. The molecule has 2 aromatic carbocycles. The Morgan fingerprint density at radius 1 is 1.07 bits per heavy atom. The van der Waals surface area contributed by atoms with Gasteiger partial charge in [-0.15, -0.1) is 11.3 Å². The molecule has 6 heteroatoms. The number of aromatic nitrogens is 1. The average Bonchev–Trinajstić information content (AvgIpc) is 3.18. The van der Waals surface area contributed by atoms with Crippen molar-refractivity contribution < 1.29 is 14.7 Å². The first-order valence-electron chi connectivity index (χ1n) is 9.17. The Hall–Kier alpha value is -2.57. The lowest BCUT2D eigenvalue weighted by molar-refractivity contribution is -0.914. The van der Waals surface area contributed by atoms with Crippen LogP contribution in [0.4, 0.5) is 5.69 Å². The fraction of sp³-hybridized carbons (Fsp3) is 0.286. The van der Waals surface area contributed by atoms with Crippen molar-refractivity contribution >= 4 is 17.0 Å². The standard InChI is InChI=1S/C21H23N3O2S/c1-26-20-8-2-16(3-9-20)21-22-17(15-27-21)14-23-10-12-24(13-11-23)18-4-6-19(25)7-5-18/h2-9,15,25H,10-14H2,1H3/p+1. The van der Waals surface area contributed by atoms with Gasteiger partial charge in [0.1, 0.15) is 28.7 Å². The van der Waals surface area contributed by atoms with E-state index in [1.54, 1.807) is 35.5 Å². The van der Waals surface area contributed by atoms with Crippen LogP contribution in [-0.4, -0.2) is 43.4 Å². The molecule has 2 heterocycles. The quantitative estimate of drug-likeness (QED) is 0.712. The number of piperazine rings is 1. The maximum absolute atomic E-state index is 9.44. The molecular weight excluding hydrogens is 358 g/mol. The van der Waals surface area contributed by atoms with Gasteiger partial charge in [0.15, 0.2) is 0 Å². The molecule has 0 bridgehead atoms. The highest BCUT2D eigenvalue weighted by molar-refractivity contribution is 7.13. The van der Waals surface area contributed by atoms with Crippen molar-refractivity contribution in [3.63, 3.8) is 0 Å². The molecule has 140 valence electrons. The summed E-state index contributed by atoms with van der Waals surface area (Å²) in [5.74, 6) is 1.19. The second-order valence-corrected chi connectivity index (χ2v) is 7.66. The van der Waals surface area contributed by atoms with Crippen LogP contribution in [0.25, 0.3) is 10.6 Å². The second kappa shape index (κ2) is 7.98. The minimum absolute atomic E-state index is 0.319. The van der Waals surface area contributed by atoms with Gasteiger partial charge < -0.3 is 19.6 Å². The van der Waals surface area contributed by atoms with Gasteiger partial charge in [-0.25, -0.2) is 4.98 Å². The Kier molecular flexibility index (Phi) is 5.27. The van der Waals surface area contributed by atoms with E-state index in [9.17, 15) is 5.11 Å². The third kappa shape index (κ3) is 4.23. The number of nitrogens with one attached hydrogen (secondary N) is 1. The van der Waals surface area contributed by atoms with Gasteiger partial charge >= 0.3 is 0 Å². The first-order valence-corrected chi connectivity index (χ1v) is 10.1. The van der Waals surface area contributed by atoms with Crippen LogP contribution in [0.3, 0.4) is 0 Å². The molecule has 2 N–H and O–H groups in total. The van der Waals surface area contributed by atoms with E-state index < -0.39 is 0 Å². The number of thiazole rings is 1. The van der Waals surface area contributed by atoms with Gasteiger partial charge in [0, 0.05) is 16.6 Å². The number of quaternary nitrogens is 1. The Labute approximate surface area is 163 Å². The largest absolute Gasteiger partial charge is 0.508 e. The van der Waals surface area contributed by atoms with E-state index in [2.05, 4.69) is 22.4 Å². The van der Waals surface area contributed by atoms with E-state index in [0.29, 0.717) is 5.75 Å². The molecule has 0 amide bonds. The van der Waals surface area contributed by atoms with E-state index in [1.807, 2.05) is 24.3 Å². The molecule has 5 nitrogen and oxygen atoms in total. The zero-order chi connectivity index (χ0) is 18.6. The van der Waals surface area contributed by atoms with Crippen molar-refractivity contribution in [2.45, 2.75) is 6.54 Å². The van der Waals surface area contributed by atoms with Crippen molar-refractivity contribution in [1.82, 2.24) is 4.98 Å². The Bertz CT molecular complexity index is 869. The van der Waals surface area contributed by atoms with Gasteiger partial charge in [0.2, 0.25) is 0 Å². The van der Waals surface area contributed by atoms with Crippen molar-refractivity contribution in [1.29, 1.82) is 0 Å². The predicted molar refractivity (Wildman–Crippen MR) is 109 cm³/mol. The molecule has 1 saturated heterocycles. The molecule has 0 spiro atoms. The van der Waals surface area contributed by atoms with Crippen molar-refractivity contribution in [2.24, 2.45) is 0 Å². The highest BCUT2D eigenvalue weighted by Gasteiger charge is 2.21. The first-order chi connectivity index (χ1) is 13.2. The number of methoxy groups -OCH3 is 1. The van der Waals surface area contributed by atoms with Gasteiger partial charge in [-0.2, -0.15) is 0 Å². The molecule has 0 radical (unpaired) electrons. The molecule has 1 aromatic heterocycles. The molecule has 1 aliphatic rings. The lowest BCUT2D eigenvalue weighted by atomic mass is 10.2. The van der Waals surface area contributed by atoms with Crippen LogP contribution in [-0.2, 0) is 6.54 Å². The summed E-state index contributed by atoms with van der Waals surface area (Å²) in [5, 5.41) is 12.7. The fourth-order valence-corrected chi connectivity index (χ4v) is 4.26. The SMILES string of the molecule is COc1ccc(-c2nc(C[NH+]3CCN(c4ccc(O)cc4)CC3)cs2)cc1. The smallest absolute Gasteiger partial charge is 0.123 e. The van der Waals surface area contributed by atoms with Crippen molar-refractivity contribution in [2.75, 3.05) is 38.2 Å². The molecule has 4 rings (SSSR count). The number of benzene rings is 2. The Morgan fingerprint density at radius 2 is 1.78 bits per heavy atom. The highest BCUT2D eigenvalue weighted by atomic mass is 32.1. The molecule has 0 aliphatic carbocycles. The Morgan fingerprint density at radius 3 is 2.44 bits per heavy atom. The van der Waals surface area contributed by atoms with E-state index in [4.69, 9.17) is 9.72 Å². The third-order valence-corrected chi connectivity index (χ3v) is 5.95. The molecule has 3 aromatic rings. The summed E-state index contributed by atoms with van der Waals surface area (Å²) in [7, 11) is 1.68. The molecule has 0 atom stereocenters. The number of aromatic hydroxyl groups is 1. The number of phenolic OH excluding ortho intramolecular Hbond substituents is 1. The van der Waals surface area contributed by atoms with Crippen LogP contribution in [0.5, 0.6) is 11.5 Å². The molecule has 27 heavy (non-hydrogen) atoms. The molecule has 1 fully saturated rings. The normalized spacial score (nSPS) is 15.1. The number of ether oxygens (including phenoxy) is 1. The van der Waals surface area contributed by atoms with Crippen LogP contribution in [0, 0.1) is 0 Å². The van der Waals surface area contributed by atoms with Crippen LogP contribution < -0.4 is 14.5 Å². The number of anilines is 1. The maximum Gasteiger partial charge on any atom is 0.123 e. The van der Waals surface area contributed by atoms with Crippen LogP contribution in [0.15, 0.2) is 53.9 Å². The van der Waals surface area contributed by atoms with Crippen molar-refractivity contribution in [3.05, 3.63) is 59.6 Å². The van der Waals surface area contributed by atoms with E-state index >= 15 is 0 Å². The number of hydrogen-bond acceptors (Lipinski definition) is 5. The van der Waals surface area contributed by atoms with E-state index in [1.165, 1.54) is 11.4 Å². The Balaban J connectivity index is 1.34. The lowest BCUT2D eigenvalue weighted by Gasteiger charge is -2.33. The molecule has 0 unspecified atom stereocenters. The van der Waals surface area contributed by atoms with Crippen LogP contribution in [0.2, 0.25) is 0 Å². The van der Waals surface area contributed by atoms with Gasteiger partial charge in [0.05, 0.1) is 33.3 Å². The third-order valence-electron chi connectivity index (χ3n) is 5.01. The van der Waals surface area contributed by atoms with Gasteiger partial charge in [-0.1, -0.05) is 0 Å². The minimum Gasteiger partial charge on any atom is -0.508 e. The highest BCUT2D eigenvalue weighted by Crippen LogP contribution is 2.25. The zero-order valence-electron chi connectivity index (χ0n) is 15.4. The topological polar surface area (TPSA) is 50.0 Å². The number of rotatable bonds is 5. The number of nitrogens with zero attached hydrogens (tertiary/aromatic N) is 2. The summed E-state index contributed by atoms with van der Waals surface area (Å²) in [5.41, 5.74) is 3.49. The van der Waals surface area contributed by atoms with E-state index in [0.717, 1.165) is 49.0 Å². The summed E-state index contributed by atoms with van der Waals surface area (Å²) in [6.07, 6.45) is 0. The first kappa shape index (κ1) is 17.8. The predicted octanol–water partition coefficient (Wildman–Crippen LogP) is 2.43. The molecular formula is C21H24N3O2S+. The summed E-state index contributed by atoms with van der Waals surface area (Å²) in [4.78, 5) is 8.78. The van der Waals surface area contributed by atoms with Gasteiger partial charge in [-0.3, -0.25) is 0 Å². The van der Waals surface area contributed by atoms with Crippen molar-refractivity contribution in [3.8, 4) is 22.1 Å². The summed E-state index contributed by atoms with van der Waals surface area (Å²) < 4.78 is 5.22. The molecule has 1 aliphatic heterocycles. The zero-order valence-corrected chi connectivity index (χ0v) is 16.2. The van der Waals surface area contributed by atoms with E-state index in [-0.39, 0.29) is 0 Å². The molecule has 0 saturated carbocycles. The monoisotopic (exact) mass is 382 g/mol. The minimum atomic E-state index is 0.319. The summed E-state index contributed by atoms with van der Waals surface area (Å²) in [6, 6.07) is 15.6. The summed E-state index contributed by atoms with van der Waals surface area (Å²) >= 11 is 1.70. The van der Waals surface area contributed by atoms with Crippen LogP contribution in [0.1, 0.15) is 5.69 Å². The van der Waals surface area contributed by atoms with Gasteiger partial charge in [-0.05, 0) is 48.5 Å². The maximum atomic E-state index is 9.44. The second-order valence-electron chi connectivity index (χ2n) is 6.80. The lowest BCUT2D eigenvalue weighted by Crippen LogP contribution is -3.13. The number of phenols is 1. The van der Waals surface area contributed by atoms with Gasteiger partial charge in [0.25, 0.3) is 0 Å².